The van der Waals surface area contributed by atoms with Crippen LogP contribution in [-0.2, 0) is 19.8 Å². The molecule has 0 radical (unpaired) electrons. The summed E-state index contributed by atoms with van der Waals surface area (Å²) in [6.07, 6.45) is 1.95. The third-order valence-electron chi connectivity index (χ3n) is 6.38. The van der Waals surface area contributed by atoms with E-state index < -0.39 is 17.8 Å². The van der Waals surface area contributed by atoms with Crippen molar-refractivity contribution in [1.29, 1.82) is 0 Å². The predicted octanol–water partition coefficient (Wildman–Crippen LogP) is 5.68. The Hall–Kier alpha value is -3.99. The number of pyridine rings is 2. The van der Waals surface area contributed by atoms with Gasteiger partial charge in [-0.1, -0.05) is 18.6 Å². The molecule has 4 heterocycles. The molecule has 8 nitrogen and oxygen atoms in total. The summed E-state index contributed by atoms with van der Waals surface area (Å²) < 4.78 is 40.5. The second kappa shape index (κ2) is 10.2. The first-order chi connectivity index (χ1) is 17.8. The number of anilines is 2. The number of benzene rings is 1. The molecule has 4 aromatic rings. The van der Waals surface area contributed by atoms with Gasteiger partial charge >= 0.3 is 12.2 Å². The SMILES string of the molecule is Cn1ncc2c(-c3ccc(NC(=O)Nc4cc(C(F)(F)F)ccn4)cc3)cc(CN3CCCCC3)nc21. The first-order valence-electron chi connectivity index (χ1n) is 12.0. The van der Waals surface area contributed by atoms with Crippen LogP contribution in [0.15, 0.2) is 54.9 Å². The van der Waals surface area contributed by atoms with Crippen molar-refractivity contribution in [2.24, 2.45) is 7.05 Å². The van der Waals surface area contributed by atoms with Crippen LogP contribution in [-0.4, -0.2) is 43.8 Å². The van der Waals surface area contributed by atoms with Crippen molar-refractivity contribution >= 4 is 28.6 Å². The van der Waals surface area contributed by atoms with Gasteiger partial charge in [0.05, 0.1) is 17.5 Å². The number of carbonyl (C=O) groups excluding carboxylic acids is 1. The van der Waals surface area contributed by atoms with Crippen molar-refractivity contribution in [3.8, 4) is 11.1 Å². The number of amides is 2. The van der Waals surface area contributed by atoms with E-state index in [2.05, 4.69) is 31.7 Å². The third kappa shape index (κ3) is 5.72. The molecular weight excluding hydrogens is 483 g/mol. The predicted molar refractivity (Wildman–Crippen MR) is 135 cm³/mol. The van der Waals surface area contributed by atoms with Gasteiger partial charge < -0.3 is 5.32 Å². The van der Waals surface area contributed by atoms with E-state index in [1.54, 1.807) is 23.0 Å². The Morgan fingerprint density at radius 1 is 1.03 bits per heavy atom. The average molecular weight is 510 g/mol. The molecule has 0 unspecified atom stereocenters. The minimum atomic E-state index is -4.52. The normalized spacial score (nSPS) is 14.6. The van der Waals surface area contributed by atoms with Crippen LogP contribution in [0.5, 0.6) is 0 Å². The fraction of sp³-hybridized carbons (Fsp3) is 0.308. The number of nitrogens with one attached hydrogen (secondary N) is 2. The van der Waals surface area contributed by atoms with Gasteiger partial charge in [0, 0.05) is 30.9 Å². The number of aromatic nitrogens is 4. The topological polar surface area (TPSA) is 88.0 Å². The fourth-order valence-corrected chi connectivity index (χ4v) is 4.52. The molecule has 0 aliphatic carbocycles. The third-order valence-corrected chi connectivity index (χ3v) is 6.38. The lowest BCUT2D eigenvalue weighted by atomic mass is 10.0. The van der Waals surface area contributed by atoms with Crippen molar-refractivity contribution < 1.29 is 18.0 Å². The lowest BCUT2D eigenvalue weighted by molar-refractivity contribution is -0.137. The average Bonchev–Trinajstić information content (AvgIpc) is 3.25. The van der Waals surface area contributed by atoms with E-state index in [9.17, 15) is 18.0 Å². The van der Waals surface area contributed by atoms with Crippen molar-refractivity contribution in [2.45, 2.75) is 32.0 Å². The molecule has 0 spiro atoms. The van der Waals surface area contributed by atoms with Gasteiger partial charge in [-0.15, -0.1) is 0 Å². The van der Waals surface area contributed by atoms with Gasteiger partial charge in [-0.3, -0.25) is 14.9 Å². The number of urea groups is 1. The molecule has 1 aromatic carbocycles. The number of likely N-dealkylation sites (tertiary alicyclic amines) is 1. The summed E-state index contributed by atoms with van der Waals surface area (Å²) in [7, 11) is 1.87. The Labute approximate surface area is 211 Å². The van der Waals surface area contributed by atoms with E-state index in [0.29, 0.717) is 5.69 Å². The number of hydrogen-bond acceptors (Lipinski definition) is 5. The van der Waals surface area contributed by atoms with Gasteiger partial charge in [-0.05, 0) is 67.4 Å². The molecule has 11 heteroatoms. The molecule has 0 bridgehead atoms. The van der Waals surface area contributed by atoms with E-state index in [4.69, 9.17) is 4.98 Å². The molecule has 3 aromatic heterocycles. The summed E-state index contributed by atoms with van der Waals surface area (Å²) in [6.45, 7) is 2.91. The highest BCUT2D eigenvalue weighted by Gasteiger charge is 2.30. The largest absolute Gasteiger partial charge is 0.416 e. The van der Waals surface area contributed by atoms with Gasteiger partial charge in [-0.2, -0.15) is 18.3 Å². The Kier molecular flexibility index (Phi) is 6.79. The van der Waals surface area contributed by atoms with Gasteiger partial charge in [0.25, 0.3) is 0 Å². The molecule has 0 atom stereocenters. The zero-order valence-electron chi connectivity index (χ0n) is 20.2. The van der Waals surface area contributed by atoms with Crippen LogP contribution in [0, 0.1) is 0 Å². The molecule has 1 aliphatic rings. The Morgan fingerprint density at radius 3 is 2.51 bits per heavy atom. The summed E-state index contributed by atoms with van der Waals surface area (Å²) in [5.74, 6) is -0.194. The van der Waals surface area contributed by atoms with E-state index >= 15 is 0 Å². The van der Waals surface area contributed by atoms with E-state index in [1.807, 2.05) is 19.2 Å². The molecule has 2 amide bonds. The number of alkyl halides is 3. The van der Waals surface area contributed by atoms with Crippen LogP contribution in [0.25, 0.3) is 22.2 Å². The second-order valence-corrected chi connectivity index (χ2v) is 9.09. The zero-order chi connectivity index (χ0) is 26.0. The smallest absolute Gasteiger partial charge is 0.308 e. The standard InChI is InChI=1S/C26H26F3N7O/c1-35-24-22(15-31-35)21(14-20(32-24)16-36-11-3-2-4-12-36)17-5-7-19(8-6-17)33-25(37)34-23-13-18(9-10-30-23)26(27,28)29/h5-10,13-15H,2-4,11-12,16H2,1H3,(H2,30,33,34,37). The van der Waals surface area contributed by atoms with E-state index in [-0.39, 0.29) is 5.82 Å². The number of hydrogen-bond donors (Lipinski definition) is 2. The summed E-state index contributed by atoms with van der Waals surface area (Å²) in [5.41, 5.74) is 3.31. The highest BCUT2D eigenvalue weighted by molar-refractivity contribution is 5.99. The minimum Gasteiger partial charge on any atom is -0.308 e. The Balaban J connectivity index is 1.33. The van der Waals surface area contributed by atoms with Crippen LogP contribution in [0.4, 0.5) is 29.5 Å². The molecule has 1 fully saturated rings. The lowest BCUT2D eigenvalue weighted by Crippen LogP contribution is -2.29. The van der Waals surface area contributed by atoms with Crippen LogP contribution in [0.2, 0.25) is 0 Å². The van der Waals surface area contributed by atoms with Crippen molar-refractivity contribution in [3.63, 3.8) is 0 Å². The van der Waals surface area contributed by atoms with Crippen LogP contribution >= 0.6 is 0 Å². The molecule has 192 valence electrons. The summed E-state index contributed by atoms with van der Waals surface area (Å²) in [5, 5.41) is 10.3. The number of piperidine rings is 1. The summed E-state index contributed by atoms with van der Waals surface area (Å²) in [4.78, 5) is 23.4. The van der Waals surface area contributed by atoms with Crippen molar-refractivity contribution in [2.75, 3.05) is 23.7 Å². The van der Waals surface area contributed by atoms with Gasteiger partial charge in [0.2, 0.25) is 0 Å². The maximum Gasteiger partial charge on any atom is 0.416 e. The van der Waals surface area contributed by atoms with Gasteiger partial charge in [-0.25, -0.2) is 14.8 Å². The second-order valence-electron chi connectivity index (χ2n) is 9.09. The number of nitrogens with zero attached hydrogens (tertiary/aromatic N) is 5. The Bertz CT molecular complexity index is 1410. The maximum absolute atomic E-state index is 12.9. The molecule has 1 saturated heterocycles. The number of fused-ring (bicyclic) bond motifs is 1. The monoisotopic (exact) mass is 509 g/mol. The van der Waals surface area contributed by atoms with Gasteiger partial charge in [0.1, 0.15) is 5.82 Å². The number of halogens is 3. The lowest BCUT2D eigenvalue weighted by Gasteiger charge is -2.26. The summed E-state index contributed by atoms with van der Waals surface area (Å²) in [6, 6.07) is 10.3. The highest BCUT2D eigenvalue weighted by atomic mass is 19.4. The number of aryl methyl sites for hydroxylation is 1. The van der Waals surface area contributed by atoms with Crippen LogP contribution in [0.1, 0.15) is 30.5 Å². The molecular formula is C26H26F3N7O. The molecule has 37 heavy (non-hydrogen) atoms. The van der Waals surface area contributed by atoms with E-state index in [1.165, 1.54) is 19.3 Å². The minimum absolute atomic E-state index is 0.194. The zero-order valence-corrected chi connectivity index (χ0v) is 20.2. The molecule has 0 saturated carbocycles. The van der Waals surface area contributed by atoms with Crippen LogP contribution in [0.3, 0.4) is 0 Å². The van der Waals surface area contributed by atoms with E-state index in [0.717, 1.165) is 65.8 Å². The van der Waals surface area contributed by atoms with Crippen LogP contribution < -0.4 is 10.6 Å². The first kappa shape index (κ1) is 24.7. The fourth-order valence-electron chi connectivity index (χ4n) is 4.52. The van der Waals surface area contributed by atoms with Gasteiger partial charge in [0.15, 0.2) is 5.65 Å². The maximum atomic E-state index is 12.9. The van der Waals surface area contributed by atoms with Crippen molar-refractivity contribution in [3.05, 3.63) is 66.1 Å². The van der Waals surface area contributed by atoms with Crippen molar-refractivity contribution in [1.82, 2.24) is 24.6 Å². The highest BCUT2D eigenvalue weighted by Crippen LogP contribution is 2.31. The Morgan fingerprint density at radius 2 is 1.78 bits per heavy atom. The quantitative estimate of drug-likeness (QED) is 0.362. The first-order valence-corrected chi connectivity index (χ1v) is 12.0. The molecule has 2 N–H and O–H groups in total. The summed E-state index contributed by atoms with van der Waals surface area (Å²) >= 11 is 0. The molecule has 5 rings (SSSR count). The molecule has 1 aliphatic heterocycles. The number of carbonyl (C=O) groups is 1. The number of rotatable bonds is 5.